The molecule has 1 saturated heterocycles. The zero-order valence-corrected chi connectivity index (χ0v) is 12.8. The highest BCUT2D eigenvalue weighted by Crippen LogP contribution is 2.45. The van der Waals surface area contributed by atoms with Crippen LogP contribution in [0.4, 0.5) is 5.82 Å². The van der Waals surface area contributed by atoms with E-state index in [0.717, 1.165) is 0 Å². The second kappa shape index (κ2) is 6.09. The molecular weight excluding hydrogens is 338 g/mol. The van der Waals surface area contributed by atoms with Crippen molar-refractivity contribution in [3.05, 3.63) is 38.2 Å². The summed E-state index contributed by atoms with van der Waals surface area (Å²) in [7, 11) is 0. The predicted octanol–water partition coefficient (Wildman–Crippen LogP) is 1.38. The number of aliphatic hydroxyl groups is 2. The Morgan fingerprint density at radius 3 is 2.88 bits per heavy atom. The molecule has 4 N–H and O–H groups in total. The Bertz CT molecular complexity index is 875. The molecule has 2 aromatic heterocycles. The first-order valence-electron chi connectivity index (χ1n) is 6.62. The molecule has 24 heavy (non-hydrogen) atoms. The Balaban J connectivity index is 2.15. The molecule has 0 radical (unpaired) electrons. The van der Waals surface area contributed by atoms with Crippen LogP contribution in [-0.2, 0) is 4.74 Å². The summed E-state index contributed by atoms with van der Waals surface area (Å²) in [6, 6.07) is -1.12. The lowest BCUT2D eigenvalue weighted by molar-refractivity contribution is -0.107. The van der Waals surface area contributed by atoms with Crippen LogP contribution in [0.15, 0.2) is 21.9 Å². The zero-order chi connectivity index (χ0) is 17.3. The highest BCUT2D eigenvalue weighted by molar-refractivity contribution is 7.17. The van der Waals surface area contributed by atoms with Crippen molar-refractivity contribution < 1.29 is 14.9 Å². The molecule has 0 amide bonds. The molecular formula is C11H11N9O3S. The molecule has 124 valence electrons. The molecule has 3 rings (SSSR count). The normalized spacial score (nSPS) is 29.2. The lowest BCUT2D eigenvalue weighted by Crippen LogP contribution is -2.43. The molecule has 1 aliphatic heterocycles. The van der Waals surface area contributed by atoms with Crippen molar-refractivity contribution in [3.8, 4) is 0 Å². The second-order valence-corrected chi connectivity index (χ2v) is 5.88. The van der Waals surface area contributed by atoms with Gasteiger partial charge in [-0.25, -0.2) is 9.97 Å². The highest BCUT2D eigenvalue weighted by atomic mass is 32.1. The summed E-state index contributed by atoms with van der Waals surface area (Å²) in [5.41, 5.74) is 22.3. The highest BCUT2D eigenvalue weighted by Gasteiger charge is 2.55. The number of hydrogen-bond acceptors (Lipinski definition) is 9. The van der Waals surface area contributed by atoms with Crippen molar-refractivity contribution in [3.63, 3.8) is 0 Å². The molecule has 4 atom stereocenters. The van der Waals surface area contributed by atoms with Gasteiger partial charge in [0, 0.05) is 15.4 Å². The van der Waals surface area contributed by atoms with Gasteiger partial charge in [-0.05, 0) is 16.4 Å². The summed E-state index contributed by atoms with van der Waals surface area (Å²) in [6.07, 6.45) is -1.24. The molecule has 2 aromatic rings. The summed E-state index contributed by atoms with van der Waals surface area (Å²) in [6.45, 7) is -0.786. The van der Waals surface area contributed by atoms with Crippen LogP contribution in [-0.4, -0.2) is 44.7 Å². The number of hydrogen-bond donors (Lipinski definition) is 3. The van der Waals surface area contributed by atoms with Crippen LogP contribution in [0.25, 0.3) is 31.1 Å². The van der Waals surface area contributed by atoms with E-state index in [-0.39, 0.29) is 5.82 Å². The van der Waals surface area contributed by atoms with Gasteiger partial charge in [-0.1, -0.05) is 10.2 Å². The smallest absolute Gasteiger partial charge is 0.196 e. The number of thiophene rings is 1. The standard InChI is InChI=1S/C11H11N9O3S/c12-10-8-5(15-3-16-10)4(1-24-8)7-6(17-19-13)9(22)11(2-21,23-7)18-20-14/h1,3,6-7,9,21-22H,2H2,(H2,12,15,16)/t6?,7-,9-,11+/m0/s1. The lowest BCUT2D eigenvalue weighted by Gasteiger charge is -2.24. The molecule has 12 nitrogen and oxygen atoms in total. The lowest BCUT2D eigenvalue weighted by atomic mass is 9.98. The third-order valence-electron chi connectivity index (χ3n) is 3.77. The molecule has 13 heteroatoms. The first kappa shape index (κ1) is 16.2. The number of anilines is 1. The molecule has 3 heterocycles. The Kier molecular flexibility index (Phi) is 4.11. The largest absolute Gasteiger partial charge is 0.393 e. The number of ether oxygens (including phenoxy) is 1. The van der Waals surface area contributed by atoms with E-state index in [4.69, 9.17) is 21.5 Å². The van der Waals surface area contributed by atoms with Gasteiger partial charge < -0.3 is 20.7 Å². The fourth-order valence-corrected chi connectivity index (χ4v) is 3.58. The van der Waals surface area contributed by atoms with Gasteiger partial charge in [0.15, 0.2) is 5.72 Å². The second-order valence-electron chi connectivity index (χ2n) is 5.00. The summed E-state index contributed by atoms with van der Waals surface area (Å²) >= 11 is 1.26. The topological polar surface area (TPSA) is 199 Å². The number of azide groups is 2. The van der Waals surface area contributed by atoms with Crippen LogP contribution in [0.2, 0.25) is 0 Å². The van der Waals surface area contributed by atoms with Crippen LogP contribution in [0, 0.1) is 0 Å². The van der Waals surface area contributed by atoms with Gasteiger partial charge in [-0.15, -0.1) is 11.3 Å². The Morgan fingerprint density at radius 1 is 1.42 bits per heavy atom. The van der Waals surface area contributed by atoms with Gasteiger partial charge in [0.1, 0.15) is 18.2 Å². The van der Waals surface area contributed by atoms with Gasteiger partial charge in [-0.3, -0.25) is 0 Å². The van der Waals surface area contributed by atoms with Gasteiger partial charge in [0.2, 0.25) is 0 Å². The first-order chi connectivity index (χ1) is 11.6. The van der Waals surface area contributed by atoms with Crippen molar-refractivity contribution in [2.45, 2.75) is 24.0 Å². The van der Waals surface area contributed by atoms with E-state index in [1.165, 1.54) is 17.7 Å². The predicted molar refractivity (Wildman–Crippen MR) is 83.6 cm³/mol. The minimum atomic E-state index is -1.95. The molecule has 0 saturated carbocycles. The van der Waals surface area contributed by atoms with E-state index in [2.05, 4.69) is 30.0 Å². The SMILES string of the molecule is [N-]=[N+]=NC1[C@H](c2csc3c(N)ncnc23)O[C@@](CO)(N=[N+]=[N-])[C@H]1O. The van der Waals surface area contributed by atoms with Gasteiger partial charge >= 0.3 is 0 Å². The number of aliphatic hydroxyl groups excluding tert-OH is 2. The minimum absolute atomic E-state index is 0.276. The number of nitrogens with two attached hydrogens (primary N) is 1. The van der Waals surface area contributed by atoms with Crippen molar-refractivity contribution in [1.82, 2.24) is 9.97 Å². The third-order valence-corrected chi connectivity index (χ3v) is 4.78. The maximum atomic E-state index is 10.4. The summed E-state index contributed by atoms with van der Waals surface area (Å²) < 4.78 is 6.24. The van der Waals surface area contributed by atoms with Gasteiger partial charge in [-0.2, -0.15) is 0 Å². The van der Waals surface area contributed by atoms with Crippen LogP contribution in [0.1, 0.15) is 11.7 Å². The number of aromatic nitrogens is 2. The van der Waals surface area contributed by atoms with Crippen LogP contribution >= 0.6 is 11.3 Å². The van der Waals surface area contributed by atoms with Crippen LogP contribution in [0.3, 0.4) is 0 Å². The molecule has 0 aromatic carbocycles. The number of fused-ring (bicyclic) bond motifs is 1. The molecule has 0 aliphatic carbocycles. The van der Waals surface area contributed by atoms with Crippen molar-refractivity contribution in [1.29, 1.82) is 0 Å². The van der Waals surface area contributed by atoms with E-state index in [1.54, 1.807) is 5.38 Å². The summed E-state index contributed by atoms with van der Waals surface area (Å²) in [5.74, 6) is 0.276. The minimum Gasteiger partial charge on any atom is -0.393 e. The Labute approximate surface area is 137 Å². The summed E-state index contributed by atoms with van der Waals surface area (Å²) in [5, 5.41) is 28.5. The maximum absolute atomic E-state index is 10.4. The van der Waals surface area contributed by atoms with Crippen molar-refractivity contribution >= 4 is 27.4 Å². The molecule has 1 fully saturated rings. The average molecular weight is 349 g/mol. The fourth-order valence-electron chi connectivity index (χ4n) is 2.63. The quantitative estimate of drug-likeness (QED) is 0.422. The molecule has 1 aliphatic rings. The van der Waals surface area contributed by atoms with Crippen LogP contribution < -0.4 is 5.73 Å². The number of nitrogen functional groups attached to an aromatic ring is 1. The van der Waals surface area contributed by atoms with Crippen molar-refractivity contribution in [2.24, 2.45) is 10.2 Å². The Hall–Kier alpha value is -2.66. The van der Waals surface area contributed by atoms with Crippen LogP contribution in [0.5, 0.6) is 0 Å². The van der Waals surface area contributed by atoms with E-state index in [0.29, 0.717) is 15.8 Å². The van der Waals surface area contributed by atoms with E-state index < -0.39 is 30.6 Å². The first-order valence-corrected chi connectivity index (χ1v) is 7.50. The molecule has 0 spiro atoms. The maximum Gasteiger partial charge on any atom is 0.196 e. The van der Waals surface area contributed by atoms with E-state index in [1.807, 2.05) is 0 Å². The van der Waals surface area contributed by atoms with E-state index >= 15 is 0 Å². The van der Waals surface area contributed by atoms with E-state index in [9.17, 15) is 10.2 Å². The summed E-state index contributed by atoms with van der Waals surface area (Å²) in [4.78, 5) is 13.3. The van der Waals surface area contributed by atoms with Gasteiger partial charge in [0.05, 0.1) is 29.0 Å². The molecule has 1 unspecified atom stereocenters. The monoisotopic (exact) mass is 349 g/mol. The average Bonchev–Trinajstić information content (AvgIpc) is 3.11. The zero-order valence-electron chi connectivity index (χ0n) is 12.0. The fraction of sp³-hybridized carbons (Fsp3) is 0.455. The molecule has 0 bridgehead atoms. The third kappa shape index (κ3) is 2.29. The van der Waals surface area contributed by atoms with Gasteiger partial charge in [0.25, 0.3) is 0 Å². The number of nitrogens with zero attached hydrogens (tertiary/aromatic N) is 8. The Morgan fingerprint density at radius 2 is 2.21 bits per heavy atom. The van der Waals surface area contributed by atoms with Crippen molar-refractivity contribution in [2.75, 3.05) is 12.3 Å². The number of rotatable bonds is 4.